The van der Waals surface area contributed by atoms with E-state index in [2.05, 4.69) is 50.9 Å². The molecule has 0 spiro atoms. The van der Waals surface area contributed by atoms with Crippen molar-refractivity contribution in [3.63, 3.8) is 0 Å². The SMILES string of the molecule is C=CCC(O)c1ccsc1C=C1Oc2ccc(O)c(OC)c2-c2ccc3c(c21)C(C)=CC(C)(C)N3. The number of thiophene rings is 1. The van der Waals surface area contributed by atoms with Crippen LogP contribution >= 0.6 is 11.3 Å². The minimum absolute atomic E-state index is 0.0607. The van der Waals surface area contributed by atoms with Crippen molar-refractivity contribution < 1.29 is 19.7 Å². The number of hydrogen-bond donors (Lipinski definition) is 3. The van der Waals surface area contributed by atoms with Crippen molar-refractivity contribution >= 4 is 34.4 Å². The first-order valence-electron chi connectivity index (χ1n) is 11.6. The van der Waals surface area contributed by atoms with Crippen molar-refractivity contribution in [2.75, 3.05) is 12.4 Å². The van der Waals surface area contributed by atoms with E-state index in [0.29, 0.717) is 23.7 Å². The Balaban J connectivity index is 1.79. The molecule has 2 aromatic carbocycles. The molecule has 0 radical (unpaired) electrons. The number of aromatic hydroxyl groups is 1. The van der Waals surface area contributed by atoms with Gasteiger partial charge in [0, 0.05) is 27.3 Å². The summed E-state index contributed by atoms with van der Waals surface area (Å²) >= 11 is 1.56. The van der Waals surface area contributed by atoms with Gasteiger partial charge in [-0.05, 0) is 74.1 Å². The van der Waals surface area contributed by atoms with Crippen molar-refractivity contribution in [3.8, 4) is 28.4 Å². The monoisotopic (exact) mass is 487 g/mol. The minimum atomic E-state index is -0.633. The summed E-state index contributed by atoms with van der Waals surface area (Å²) in [7, 11) is 1.55. The molecule has 1 unspecified atom stereocenters. The Kier molecular flexibility index (Phi) is 5.74. The molecule has 5 rings (SSSR count). The van der Waals surface area contributed by atoms with E-state index in [1.54, 1.807) is 36.7 Å². The Labute approximate surface area is 209 Å². The summed E-state index contributed by atoms with van der Waals surface area (Å²) in [6.07, 6.45) is 5.78. The van der Waals surface area contributed by atoms with Crippen LogP contribution in [0, 0.1) is 0 Å². The van der Waals surface area contributed by atoms with Crippen LogP contribution in [-0.2, 0) is 0 Å². The number of allylic oxidation sites excluding steroid dienone is 1. The van der Waals surface area contributed by atoms with Gasteiger partial charge in [0.05, 0.1) is 24.3 Å². The number of nitrogens with one attached hydrogen (secondary N) is 1. The van der Waals surface area contributed by atoms with Crippen LogP contribution in [0.1, 0.15) is 54.9 Å². The highest BCUT2D eigenvalue weighted by atomic mass is 32.1. The van der Waals surface area contributed by atoms with Crippen LogP contribution in [0.4, 0.5) is 5.69 Å². The highest BCUT2D eigenvalue weighted by molar-refractivity contribution is 7.11. The highest BCUT2D eigenvalue weighted by Crippen LogP contribution is 2.54. The van der Waals surface area contributed by atoms with Gasteiger partial charge < -0.3 is 25.0 Å². The van der Waals surface area contributed by atoms with Crippen molar-refractivity contribution in [3.05, 3.63) is 76.0 Å². The topological polar surface area (TPSA) is 71.0 Å². The molecule has 0 aliphatic carbocycles. The zero-order valence-electron chi connectivity index (χ0n) is 20.3. The predicted molar refractivity (Wildman–Crippen MR) is 144 cm³/mol. The van der Waals surface area contributed by atoms with Crippen LogP contribution in [-0.4, -0.2) is 22.9 Å². The molecule has 5 nitrogen and oxygen atoms in total. The molecule has 180 valence electrons. The lowest BCUT2D eigenvalue weighted by molar-refractivity contribution is 0.182. The van der Waals surface area contributed by atoms with E-state index in [1.165, 1.54) is 0 Å². The number of hydrogen-bond acceptors (Lipinski definition) is 6. The molecular formula is C29H29NO4S. The molecule has 0 saturated heterocycles. The first-order valence-corrected chi connectivity index (χ1v) is 12.4. The van der Waals surface area contributed by atoms with E-state index in [9.17, 15) is 10.2 Å². The molecule has 35 heavy (non-hydrogen) atoms. The molecule has 0 saturated carbocycles. The second-order valence-electron chi connectivity index (χ2n) is 9.47. The van der Waals surface area contributed by atoms with Gasteiger partial charge in [0.15, 0.2) is 11.5 Å². The van der Waals surface area contributed by atoms with E-state index in [-0.39, 0.29) is 11.3 Å². The third-order valence-corrected chi connectivity index (χ3v) is 7.29. The first kappa shape index (κ1) is 23.3. The molecule has 6 heteroatoms. The minimum Gasteiger partial charge on any atom is -0.504 e. The number of fused-ring (bicyclic) bond motifs is 5. The quantitative estimate of drug-likeness (QED) is 0.331. The summed E-state index contributed by atoms with van der Waals surface area (Å²) in [5.41, 5.74) is 6.43. The molecule has 1 atom stereocenters. The van der Waals surface area contributed by atoms with Crippen LogP contribution in [0.5, 0.6) is 17.2 Å². The van der Waals surface area contributed by atoms with Crippen LogP contribution in [0.3, 0.4) is 0 Å². The maximum absolute atomic E-state index is 10.7. The zero-order valence-corrected chi connectivity index (χ0v) is 21.1. The number of ether oxygens (including phenoxy) is 2. The summed E-state index contributed by atoms with van der Waals surface area (Å²) in [6.45, 7) is 10.2. The van der Waals surface area contributed by atoms with Gasteiger partial charge in [-0.2, -0.15) is 0 Å². The Bertz CT molecular complexity index is 1400. The van der Waals surface area contributed by atoms with Crippen LogP contribution in [0.2, 0.25) is 0 Å². The summed E-state index contributed by atoms with van der Waals surface area (Å²) in [5, 5.41) is 26.8. The number of rotatable bonds is 5. The number of aliphatic hydroxyl groups excluding tert-OH is 1. The van der Waals surface area contributed by atoms with Gasteiger partial charge in [0.1, 0.15) is 11.5 Å². The smallest absolute Gasteiger partial charge is 0.172 e. The fourth-order valence-electron chi connectivity index (χ4n) is 5.08. The van der Waals surface area contributed by atoms with Crippen molar-refractivity contribution in [2.45, 2.75) is 38.8 Å². The lowest BCUT2D eigenvalue weighted by Gasteiger charge is -2.35. The summed E-state index contributed by atoms with van der Waals surface area (Å²) in [6, 6.07) is 9.41. The number of phenols is 1. The Hall–Kier alpha value is -3.48. The predicted octanol–water partition coefficient (Wildman–Crippen LogP) is 7.24. The second-order valence-corrected chi connectivity index (χ2v) is 10.4. The number of phenolic OH excluding ortho intramolecular Hbond substituents is 1. The van der Waals surface area contributed by atoms with Crippen molar-refractivity contribution in [1.82, 2.24) is 0 Å². The van der Waals surface area contributed by atoms with Gasteiger partial charge >= 0.3 is 0 Å². The van der Waals surface area contributed by atoms with Gasteiger partial charge in [0.2, 0.25) is 0 Å². The first-order chi connectivity index (χ1) is 16.7. The number of methoxy groups -OCH3 is 1. The van der Waals surface area contributed by atoms with Crippen LogP contribution in [0.15, 0.2) is 54.4 Å². The molecule has 0 bridgehead atoms. The van der Waals surface area contributed by atoms with E-state index in [0.717, 1.165) is 44.0 Å². The summed E-state index contributed by atoms with van der Waals surface area (Å²) in [5.74, 6) is 1.73. The molecule has 2 aliphatic heterocycles. The Morgan fingerprint density at radius 1 is 1.17 bits per heavy atom. The molecule has 3 N–H and O–H groups in total. The Morgan fingerprint density at radius 3 is 2.71 bits per heavy atom. The number of aliphatic hydroxyl groups is 1. The fraction of sp³-hybridized carbons (Fsp3) is 0.241. The van der Waals surface area contributed by atoms with Gasteiger partial charge in [-0.3, -0.25) is 0 Å². The van der Waals surface area contributed by atoms with E-state index < -0.39 is 6.10 Å². The third-order valence-electron chi connectivity index (χ3n) is 6.41. The van der Waals surface area contributed by atoms with E-state index in [1.807, 2.05) is 17.5 Å². The maximum Gasteiger partial charge on any atom is 0.172 e. The maximum atomic E-state index is 10.7. The standard InChI is InChI=1S/C29H29NO4S/c1-6-7-20(31)17-12-13-35-24(17)14-23-26-18(27-22(34-23)11-10-21(32)28(27)33-5)8-9-19-25(26)16(2)15-29(3,4)30-19/h6,8-15,20,30-32H,1,7H2,2-5H3. The normalized spacial score (nSPS) is 17.3. The van der Waals surface area contributed by atoms with Crippen LogP contribution in [0.25, 0.3) is 28.5 Å². The lowest BCUT2D eigenvalue weighted by atomic mass is 9.83. The molecule has 1 aromatic heterocycles. The number of benzene rings is 2. The van der Waals surface area contributed by atoms with Gasteiger partial charge in [-0.25, -0.2) is 0 Å². The average molecular weight is 488 g/mol. The third kappa shape index (κ3) is 3.93. The molecule has 0 amide bonds. The summed E-state index contributed by atoms with van der Waals surface area (Å²) < 4.78 is 12.1. The molecular weight excluding hydrogens is 458 g/mol. The van der Waals surface area contributed by atoms with Crippen molar-refractivity contribution in [2.24, 2.45) is 0 Å². The largest absolute Gasteiger partial charge is 0.504 e. The van der Waals surface area contributed by atoms with Crippen LogP contribution < -0.4 is 14.8 Å². The van der Waals surface area contributed by atoms with Crippen molar-refractivity contribution in [1.29, 1.82) is 0 Å². The highest BCUT2D eigenvalue weighted by Gasteiger charge is 2.33. The molecule has 3 aromatic rings. The molecule has 3 heterocycles. The number of anilines is 1. The molecule has 2 aliphatic rings. The van der Waals surface area contributed by atoms with Gasteiger partial charge in [-0.15, -0.1) is 17.9 Å². The summed E-state index contributed by atoms with van der Waals surface area (Å²) in [4.78, 5) is 0.929. The van der Waals surface area contributed by atoms with E-state index >= 15 is 0 Å². The van der Waals surface area contributed by atoms with Gasteiger partial charge in [0.25, 0.3) is 0 Å². The lowest BCUT2D eigenvalue weighted by Crippen LogP contribution is -2.32. The Morgan fingerprint density at radius 2 is 1.97 bits per heavy atom. The zero-order chi connectivity index (χ0) is 24.9. The van der Waals surface area contributed by atoms with Gasteiger partial charge in [-0.1, -0.05) is 18.2 Å². The second kappa shape index (κ2) is 8.63. The average Bonchev–Trinajstić information content (AvgIpc) is 3.26. The molecule has 0 fully saturated rings. The fourth-order valence-corrected chi connectivity index (χ4v) is 5.95. The van der Waals surface area contributed by atoms with E-state index in [4.69, 9.17) is 9.47 Å².